The van der Waals surface area contributed by atoms with Gasteiger partial charge >= 0.3 is 0 Å². The minimum Gasteiger partial charge on any atom is -0.457 e. The van der Waals surface area contributed by atoms with Gasteiger partial charge in [-0.1, -0.05) is 24.3 Å². The molecule has 1 heterocycles. The average Bonchev–Trinajstić information content (AvgIpc) is 3.28. The van der Waals surface area contributed by atoms with Crippen molar-refractivity contribution in [3.8, 4) is 11.5 Å². The molecule has 2 aromatic carbocycles. The van der Waals surface area contributed by atoms with Crippen LogP contribution in [0.1, 0.15) is 12.0 Å². The van der Waals surface area contributed by atoms with E-state index in [2.05, 4.69) is 4.99 Å². The Kier molecular flexibility index (Phi) is 8.42. The molecule has 1 atom stereocenters. The summed E-state index contributed by atoms with van der Waals surface area (Å²) in [6, 6.07) is 16.0. The highest BCUT2D eigenvalue weighted by Gasteiger charge is 2.26. The van der Waals surface area contributed by atoms with Crippen LogP contribution in [-0.2, 0) is 14.3 Å². The van der Waals surface area contributed by atoms with Crippen LogP contribution in [0.25, 0.3) is 5.70 Å². The molecule has 178 valence electrons. The van der Waals surface area contributed by atoms with Gasteiger partial charge in [-0.25, -0.2) is 0 Å². The average molecular weight is 464 g/mol. The molecule has 6 N–H and O–H groups in total. The van der Waals surface area contributed by atoms with Crippen LogP contribution in [-0.4, -0.2) is 55.4 Å². The van der Waals surface area contributed by atoms with Crippen LogP contribution in [0.4, 0.5) is 0 Å². The molecule has 34 heavy (non-hydrogen) atoms. The molecule has 0 aliphatic carbocycles. The van der Waals surface area contributed by atoms with Gasteiger partial charge in [-0.3, -0.25) is 14.6 Å². The molecule has 1 aliphatic rings. The molecule has 9 nitrogen and oxygen atoms in total. The number of carbonyl (C=O) groups is 2. The van der Waals surface area contributed by atoms with Gasteiger partial charge in [0.15, 0.2) is 0 Å². The third-order valence-corrected chi connectivity index (χ3v) is 5.24. The van der Waals surface area contributed by atoms with Crippen molar-refractivity contribution >= 4 is 23.3 Å². The Bertz CT molecular complexity index is 1090. The summed E-state index contributed by atoms with van der Waals surface area (Å²) in [7, 11) is 1.56. The van der Waals surface area contributed by atoms with Crippen molar-refractivity contribution in [2.45, 2.75) is 12.5 Å². The van der Waals surface area contributed by atoms with Gasteiger partial charge in [0.1, 0.15) is 22.9 Å². The van der Waals surface area contributed by atoms with Crippen LogP contribution in [0.15, 0.2) is 77.3 Å². The fraction of sp³-hybridized carbons (Fsp3) is 0.240. The van der Waals surface area contributed by atoms with E-state index in [0.717, 1.165) is 0 Å². The van der Waals surface area contributed by atoms with Crippen LogP contribution >= 0.6 is 0 Å². The van der Waals surface area contributed by atoms with Crippen molar-refractivity contribution in [1.29, 1.82) is 0 Å². The number of benzene rings is 2. The topological polar surface area (TPSA) is 146 Å². The summed E-state index contributed by atoms with van der Waals surface area (Å²) in [5.41, 5.74) is 18.6. The molecule has 0 spiro atoms. The third kappa shape index (κ3) is 6.46. The van der Waals surface area contributed by atoms with Gasteiger partial charge < -0.3 is 31.6 Å². The number of likely N-dealkylation sites (tertiary alicyclic amines) is 1. The molecular formula is C25H29N5O4. The van der Waals surface area contributed by atoms with E-state index in [1.165, 1.54) is 6.08 Å². The van der Waals surface area contributed by atoms with Crippen molar-refractivity contribution < 1.29 is 19.1 Å². The lowest BCUT2D eigenvalue weighted by Crippen LogP contribution is -2.32. The number of methoxy groups -OCH3 is 1. The Labute approximate surface area is 198 Å². The largest absolute Gasteiger partial charge is 0.457 e. The van der Waals surface area contributed by atoms with Crippen molar-refractivity contribution in [2.24, 2.45) is 22.2 Å². The van der Waals surface area contributed by atoms with Crippen LogP contribution in [0.3, 0.4) is 0 Å². The number of amidine groups is 1. The van der Waals surface area contributed by atoms with Gasteiger partial charge in [-0.05, 0) is 48.4 Å². The quantitative estimate of drug-likeness (QED) is 0.294. The van der Waals surface area contributed by atoms with E-state index < -0.39 is 5.91 Å². The number of nitrogens with zero attached hydrogens (tertiary/aromatic N) is 2. The van der Waals surface area contributed by atoms with Gasteiger partial charge in [-0.2, -0.15) is 0 Å². The maximum Gasteiger partial charge on any atom is 0.254 e. The van der Waals surface area contributed by atoms with Crippen molar-refractivity contribution in [3.05, 3.63) is 77.9 Å². The first-order chi connectivity index (χ1) is 16.4. The normalized spacial score (nSPS) is 17.0. The molecule has 1 aliphatic heterocycles. The molecule has 0 radical (unpaired) electrons. The summed E-state index contributed by atoms with van der Waals surface area (Å²) in [6.07, 6.45) is 3.73. The van der Waals surface area contributed by atoms with Crippen molar-refractivity contribution in [3.63, 3.8) is 0 Å². The molecule has 1 unspecified atom stereocenters. The fourth-order valence-corrected chi connectivity index (χ4v) is 3.53. The van der Waals surface area contributed by atoms with E-state index in [0.29, 0.717) is 43.2 Å². The summed E-state index contributed by atoms with van der Waals surface area (Å²) < 4.78 is 10.7. The van der Waals surface area contributed by atoms with Crippen LogP contribution in [0.5, 0.6) is 11.5 Å². The number of hydrogen-bond donors (Lipinski definition) is 3. The highest BCUT2D eigenvalue weighted by Crippen LogP contribution is 2.24. The number of para-hydroxylation sites is 1. The smallest absolute Gasteiger partial charge is 0.254 e. The molecule has 2 amide bonds. The Morgan fingerprint density at radius 2 is 1.74 bits per heavy atom. The van der Waals surface area contributed by atoms with E-state index in [1.54, 1.807) is 42.4 Å². The fourth-order valence-electron chi connectivity index (χ4n) is 3.53. The second-order valence-corrected chi connectivity index (χ2v) is 7.69. The number of amides is 2. The van der Waals surface area contributed by atoms with Crippen LogP contribution in [0, 0.1) is 0 Å². The molecule has 0 bridgehead atoms. The number of rotatable bonds is 9. The Hall–Kier alpha value is -4.11. The van der Waals surface area contributed by atoms with Crippen LogP contribution in [0.2, 0.25) is 0 Å². The lowest BCUT2D eigenvalue weighted by molar-refractivity contribution is -0.125. The predicted octanol–water partition coefficient (Wildman–Crippen LogP) is 1.79. The number of ether oxygens (including phenoxy) is 2. The van der Waals surface area contributed by atoms with E-state index in [9.17, 15) is 9.59 Å². The minimum absolute atomic E-state index is 0.0520. The Balaban J connectivity index is 1.74. The summed E-state index contributed by atoms with van der Waals surface area (Å²) in [6.45, 7) is 1.28. The zero-order valence-corrected chi connectivity index (χ0v) is 19.0. The Morgan fingerprint density at radius 1 is 1.06 bits per heavy atom. The monoisotopic (exact) mass is 463 g/mol. The molecule has 2 aromatic rings. The van der Waals surface area contributed by atoms with E-state index in [-0.39, 0.29) is 29.1 Å². The lowest BCUT2D eigenvalue weighted by atomic mass is 10.0. The summed E-state index contributed by atoms with van der Waals surface area (Å²) >= 11 is 0. The maximum atomic E-state index is 12.2. The molecule has 9 heteroatoms. The molecule has 3 rings (SSSR count). The number of primary amides is 1. The second-order valence-electron chi connectivity index (χ2n) is 7.69. The van der Waals surface area contributed by atoms with Gasteiger partial charge in [-0.15, -0.1) is 0 Å². The van der Waals surface area contributed by atoms with E-state index in [4.69, 9.17) is 26.7 Å². The van der Waals surface area contributed by atoms with E-state index >= 15 is 0 Å². The van der Waals surface area contributed by atoms with Gasteiger partial charge in [0.2, 0.25) is 5.91 Å². The van der Waals surface area contributed by atoms with E-state index in [1.807, 2.05) is 30.3 Å². The second kappa shape index (κ2) is 11.7. The number of hydrogen-bond acceptors (Lipinski definition) is 6. The summed E-state index contributed by atoms with van der Waals surface area (Å²) in [5.74, 6) is 0.350. The number of carbonyl (C=O) groups excluding carboxylic acids is 2. The maximum absolute atomic E-state index is 12.2. The van der Waals surface area contributed by atoms with Crippen LogP contribution < -0.4 is 21.9 Å². The summed E-state index contributed by atoms with van der Waals surface area (Å²) in [5, 5.41) is 0. The van der Waals surface area contributed by atoms with Crippen molar-refractivity contribution in [1.82, 2.24) is 4.90 Å². The van der Waals surface area contributed by atoms with Gasteiger partial charge in [0.25, 0.3) is 5.91 Å². The highest BCUT2D eigenvalue weighted by atomic mass is 16.5. The predicted molar refractivity (Wildman–Crippen MR) is 131 cm³/mol. The number of aliphatic imine (C=N–C) groups is 1. The molecular weight excluding hydrogens is 434 g/mol. The van der Waals surface area contributed by atoms with Gasteiger partial charge in [0, 0.05) is 26.3 Å². The first kappa shape index (κ1) is 24.5. The minimum atomic E-state index is -0.781. The third-order valence-electron chi connectivity index (χ3n) is 5.24. The Morgan fingerprint density at radius 3 is 2.38 bits per heavy atom. The zero-order valence-electron chi connectivity index (χ0n) is 19.0. The molecule has 1 fully saturated rings. The highest BCUT2D eigenvalue weighted by molar-refractivity contribution is 6.24. The first-order valence-electron chi connectivity index (χ1n) is 10.8. The van der Waals surface area contributed by atoms with Crippen molar-refractivity contribution in [2.75, 3.05) is 26.8 Å². The molecule has 0 saturated carbocycles. The zero-order chi connectivity index (χ0) is 24.5. The molecule has 0 aromatic heterocycles. The lowest BCUT2D eigenvalue weighted by Gasteiger charge is -2.14. The molecule has 1 saturated heterocycles. The van der Waals surface area contributed by atoms with Gasteiger partial charge in [0.05, 0.1) is 18.3 Å². The standard InChI is InChI=1S/C25H29N5O4/c1-33-15-5-8-21(31)30-14-13-18(16-30)29-24(27)22(25(28)32)23(26)17-9-11-20(12-10-17)34-19-6-3-2-4-7-19/h2-12,18H,13-16,26H2,1H3,(H2,27,29)(H2,28,32)/b8-5+,23-22?. The first-order valence-corrected chi connectivity index (χ1v) is 10.8. The summed E-state index contributed by atoms with van der Waals surface area (Å²) in [4.78, 5) is 30.5. The number of nitrogens with two attached hydrogens (primary N) is 3. The SMILES string of the molecule is COC/C=C/C(=O)N1CCC(N=C(N)C(C(N)=O)=C(N)c2ccc(Oc3ccccc3)cc2)C1.